The first-order chi connectivity index (χ1) is 10.1. The van der Waals surface area contributed by atoms with Crippen molar-refractivity contribution in [2.45, 2.75) is 38.5 Å². The fourth-order valence-corrected chi connectivity index (χ4v) is 2.73. The summed E-state index contributed by atoms with van der Waals surface area (Å²) in [5.74, 6) is -0.944. The molecule has 1 aliphatic rings. The van der Waals surface area contributed by atoms with Gasteiger partial charge in [0.15, 0.2) is 6.10 Å². The van der Waals surface area contributed by atoms with Crippen molar-refractivity contribution in [2.75, 3.05) is 0 Å². The Morgan fingerprint density at radius 1 is 1.43 bits per heavy atom. The number of nitrogens with zero attached hydrogens (tertiary/aromatic N) is 2. The van der Waals surface area contributed by atoms with Gasteiger partial charge in [0.2, 0.25) is 0 Å². The van der Waals surface area contributed by atoms with Crippen molar-refractivity contribution in [3.8, 4) is 0 Å². The summed E-state index contributed by atoms with van der Waals surface area (Å²) in [7, 11) is 0. The van der Waals surface area contributed by atoms with E-state index in [0.717, 1.165) is 11.0 Å². The second kappa shape index (κ2) is 5.29. The highest BCUT2D eigenvalue weighted by molar-refractivity contribution is 5.74. The molecule has 0 bridgehead atoms. The summed E-state index contributed by atoms with van der Waals surface area (Å²) in [5.41, 5.74) is 1.77. The van der Waals surface area contributed by atoms with Crippen LogP contribution in [0.2, 0.25) is 0 Å². The van der Waals surface area contributed by atoms with Gasteiger partial charge in [0.05, 0.1) is 23.7 Å². The molecule has 2 heterocycles. The van der Waals surface area contributed by atoms with Crippen molar-refractivity contribution >= 4 is 17.0 Å². The van der Waals surface area contributed by atoms with E-state index in [0.29, 0.717) is 25.1 Å². The van der Waals surface area contributed by atoms with Gasteiger partial charge in [-0.1, -0.05) is 12.1 Å². The SMILES string of the molecule is Cc1nc2ccccc2n(CC2CCC(C(=O)O)O2)c1=O. The zero-order valence-corrected chi connectivity index (χ0v) is 11.7. The Bertz CT molecular complexity index is 753. The molecule has 1 aromatic carbocycles. The number of hydrogen-bond donors (Lipinski definition) is 1. The van der Waals surface area contributed by atoms with Crippen LogP contribution in [0.5, 0.6) is 0 Å². The summed E-state index contributed by atoms with van der Waals surface area (Å²) in [4.78, 5) is 27.5. The highest BCUT2D eigenvalue weighted by atomic mass is 16.5. The van der Waals surface area contributed by atoms with Crippen molar-refractivity contribution < 1.29 is 14.6 Å². The van der Waals surface area contributed by atoms with E-state index >= 15 is 0 Å². The Kier molecular flexibility index (Phi) is 3.47. The maximum atomic E-state index is 12.3. The van der Waals surface area contributed by atoms with Gasteiger partial charge in [-0.2, -0.15) is 0 Å². The summed E-state index contributed by atoms with van der Waals surface area (Å²) < 4.78 is 7.12. The Balaban J connectivity index is 1.96. The van der Waals surface area contributed by atoms with Crippen LogP contribution in [0.4, 0.5) is 0 Å². The molecule has 2 aromatic rings. The number of carboxylic acid groups (broad SMARTS) is 1. The van der Waals surface area contributed by atoms with E-state index in [2.05, 4.69) is 4.98 Å². The molecule has 2 atom stereocenters. The van der Waals surface area contributed by atoms with E-state index in [1.54, 1.807) is 11.5 Å². The summed E-state index contributed by atoms with van der Waals surface area (Å²) >= 11 is 0. The predicted molar refractivity (Wildman–Crippen MR) is 76.3 cm³/mol. The molecule has 6 nitrogen and oxygen atoms in total. The Hall–Kier alpha value is -2.21. The topological polar surface area (TPSA) is 81.4 Å². The van der Waals surface area contributed by atoms with Crippen molar-refractivity contribution in [2.24, 2.45) is 0 Å². The second-order valence-corrected chi connectivity index (χ2v) is 5.26. The van der Waals surface area contributed by atoms with E-state index in [1.807, 2.05) is 24.3 Å². The summed E-state index contributed by atoms with van der Waals surface area (Å²) in [6.45, 7) is 2.04. The van der Waals surface area contributed by atoms with Gasteiger partial charge in [-0.3, -0.25) is 4.79 Å². The Labute approximate surface area is 121 Å². The summed E-state index contributed by atoms with van der Waals surface area (Å²) in [5, 5.41) is 8.96. The largest absolute Gasteiger partial charge is 0.479 e. The molecule has 0 amide bonds. The first-order valence-electron chi connectivity index (χ1n) is 6.90. The van der Waals surface area contributed by atoms with Gasteiger partial charge in [-0.25, -0.2) is 9.78 Å². The number of benzene rings is 1. The molecular weight excluding hydrogens is 272 g/mol. The van der Waals surface area contributed by atoms with Gasteiger partial charge in [0.1, 0.15) is 5.69 Å². The maximum Gasteiger partial charge on any atom is 0.332 e. The molecular formula is C15H16N2O4. The van der Waals surface area contributed by atoms with E-state index in [4.69, 9.17) is 9.84 Å². The van der Waals surface area contributed by atoms with Crippen LogP contribution in [0, 0.1) is 6.92 Å². The fraction of sp³-hybridized carbons (Fsp3) is 0.400. The third kappa shape index (κ3) is 2.54. The standard InChI is InChI=1S/C15H16N2O4/c1-9-14(18)17(12-5-3-2-4-11(12)16-9)8-10-6-7-13(21-10)15(19)20/h2-5,10,13H,6-8H2,1H3,(H,19,20). The maximum absolute atomic E-state index is 12.3. The van der Waals surface area contributed by atoms with Crippen molar-refractivity contribution in [1.82, 2.24) is 9.55 Å². The number of carbonyl (C=O) groups is 1. The molecule has 1 aliphatic heterocycles. The number of para-hydroxylation sites is 2. The van der Waals surface area contributed by atoms with Gasteiger partial charge in [-0.15, -0.1) is 0 Å². The lowest BCUT2D eigenvalue weighted by Gasteiger charge is -2.15. The van der Waals surface area contributed by atoms with E-state index in [1.165, 1.54) is 0 Å². The van der Waals surface area contributed by atoms with Gasteiger partial charge in [0, 0.05) is 0 Å². The first-order valence-corrected chi connectivity index (χ1v) is 6.90. The average Bonchev–Trinajstić information content (AvgIpc) is 2.93. The highest BCUT2D eigenvalue weighted by Gasteiger charge is 2.31. The van der Waals surface area contributed by atoms with Crippen LogP contribution in [-0.4, -0.2) is 32.8 Å². The van der Waals surface area contributed by atoms with Crippen LogP contribution in [0.1, 0.15) is 18.5 Å². The third-order valence-electron chi connectivity index (χ3n) is 3.78. The first kappa shape index (κ1) is 13.8. The minimum atomic E-state index is -0.944. The van der Waals surface area contributed by atoms with E-state index < -0.39 is 12.1 Å². The summed E-state index contributed by atoms with van der Waals surface area (Å²) in [6, 6.07) is 7.42. The molecule has 0 radical (unpaired) electrons. The number of ether oxygens (including phenoxy) is 1. The lowest BCUT2D eigenvalue weighted by molar-refractivity contribution is -0.149. The zero-order chi connectivity index (χ0) is 15.0. The molecule has 1 N–H and O–H groups in total. The summed E-state index contributed by atoms with van der Waals surface area (Å²) in [6.07, 6.45) is 0.101. The Morgan fingerprint density at radius 2 is 2.19 bits per heavy atom. The fourth-order valence-electron chi connectivity index (χ4n) is 2.73. The number of aryl methyl sites for hydroxylation is 1. The van der Waals surface area contributed by atoms with E-state index in [9.17, 15) is 9.59 Å². The van der Waals surface area contributed by atoms with E-state index in [-0.39, 0.29) is 11.7 Å². The van der Waals surface area contributed by atoms with Crippen LogP contribution in [0.25, 0.3) is 11.0 Å². The van der Waals surface area contributed by atoms with Crippen LogP contribution < -0.4 is 5.56 Å². The van der Waals surface area contributed by atoms with Gasteiger partial charge in [-0.05, 0) is 31.9 Å². The zero-order valence-electron chi connectivity index (χ0n) is 11.7. The smallest absolute Gasteiger partial charge is 0.332 e. The normalized spacial score (nSPS) is 21.8. The number of rotatable bonds is 3. The van der Waals surface area contributed by atoms with Gasteiger partial charge < -0.3 is 14.4 Å². The van der Waals surface area contributed by atoms with Gasteiger partial charge in [0.25, 0.3) is 5.56 Å². The van der Waals surface area contributed by atoms with Crippen molar-refractivity contribution in [3.05, 3.63) is 40.3 Å². The molecule has 1 saturated heterocycles. The number of fused-ring (bicyclic) bond motifs is 1. The van der Waals surface area contributed by atoms with Crippen molar-refractivity contribution in [3.63, 3.8) is 0 Å². The lowest BCUT2D eigenvalue weighted by Crippen LogP contribution is -2.30. The molecule has 1 aromatic heterocycles. The molecule has 0 saturated carbocycles. The molecule has 110 valence electrons. The predicted octanol–water partition coefficient (Wildman–Crippen LogP) is 1.34. The monoisotopic (exact) mass is 288 g/mol. The minimum absolute atomic E-state index is 0.156. The molecule has 1 fully saturated rings. The molecule has 3 rings (SSSR count). The second-order valence-electron chi connectivity index (χ2n) is 5.26. The number of carboxylic acids is 1. The number of hydrogen-bond acceptors (Lipinski definition) is 4. The minimum Gasteiger partial charge on any atom is -0.479 e. The Morgan fingerprint density at radius 3 is 2.90 bits per heavy atom. The highest BCUT2D eigenvalue weighted by Crippen LogP contribution is 2.22. The van der Waals surface area contributed by atoms with Crippen molar-refractivity contribution in [1.29, 1.82) is 0 Å². The van der Waals surface area contributed by atoms with Crippen LogP contribution >= 0.6 is 0 Å². The van der Waals surface area contributed by atoms with Crippen LogP contribution in [0.15, 0.2) is 29.1 Å². The van der Waals surface area contributed by atoms with Crippen LogP contribution in [-0.2, 0) is 16.1 Å². The quantitative estimate of drug-likeness (QED) is 0.921. The molecule has 0 spiro atoms. The molecule has 0 aliphatic carbocycles. The molecule has 6 heteroatoms. The van der Waals surface area contributed by atoms with Crippen LogP contribution in [0.3, 0.4) is 0 Å². The number of aliphatic carboxylic acids is 1. The average molecular weight is 288 g/mol. The lowest BCUT2D eigenvalue weighted by atomic mass is 10.2. The third-order valence-corrected chi connectivity index (χ3v) is 3.78. The molecule has 21 heavy (non-hydrogen) atoms. The van der Waals surface area contributed by atoms with Gasteiger partial charge >= 0.3 is 5.97 Å². The number of aromatic nitrogens is 2. The molecule has 2 unspecified atom stereocenters.